The first kappa shape index (κ1) is 26.7. The number of rotatable bonds is 8. The van der Waals surface area contributed by atoms with Crippen LogP contribution in [-0.2, 0) is 14.3 Å². The third-order valence-electron chi connectivity index (χ3n) is 4.88. The maximum absolute atomic E-state index is 13.4. The lowest BCUT2D eigenvalue weighted by molar-refractivity contribution is -0.141. The van der Waals surface area contributed by atoms with E-state index in [0.717, 1.165) is 5.56 Å². The van der Waals surface area contributed by atoms with E-state index < -0.39 is 42.2 Å². The molecule has 0 bridgehead atoms. The van der Waals surface area contributed by atoms with Gasteiger partial charge in [0, 0.05) is 12.2 Å². The Labute approximate surface area is 199 Å². The number of hydrogen-bond donors (Lipinski definition) is 4. The molecule has 2 aromatic rings. The minimum absolute atomic E-state index is 0.0810. The van der Waals surface area contributed by atoms with Crippen LogP contribution in [0.4, 0.5) is 10.5 Å². The molecule has 9 heteroatoms. The number of aromatic hydroxyl groups is 1. The molecule has 0 radical (unpaired) electrons. The van der Waals surface area contributed by atoms with Crippen LogP contribution in [0.15, 0.2) is 48.5 Å². The Morgan fingerprint density at radius 2 is 1.76 bits per heavy atom. The van der Waals surface area contributed by atoms with Crippen LogP contribution < -0.4 is 10.6 Å². The number of phenolic OH excluding ortho intramolecular Hbond substituents is 1. The SMILES string of the molecule is Cc1ccccc1NC(=O)C(c1cccc(O)c1)N(CCO)C(=O)C(C)NC(=O)OC(C)(C)C. The number of anilines is 1. The van der Waals surface area contributed by atoms with E-state index in [-0.39, 0.29) is 12.3 Å². The highest BCUT2D eigenvalue weighted by Gasteiger charge is 2.34. The highest BCUT2D eigenvalue weighted by atomic mass is 16.6. The third-order valence-corrected chi connectivity index (χ3v) is 4.88. The van der Waals surface area contributed by atoms with Gasteiger partial charge in [0.15, 0.2) is 0 Å². The molecule has 0 saturated carbocycles. The molecule has 0 aromatic heterocycles. The number of hydrogen-bond acceptors (Lipinski definition) is 6. The molecular weight excluding hydrogens is 438 g/mol. The van der Waals surface area contributed by atoms with Crippen molar-refractivity contribution in [3.8, 4) is 5.75 Å². The number of ether oxygens (including phenoxy) is 1. The first-order chi connectivity index (χ1) is 15.9. The average Bonchev–Trinajstić information content (AvgIpc) is 2.73. The predicted molar refractivity (Wildman–Crippen MR) is 128 cm³/mol. The van der Waals surface area contributed by atoms with Crippen molar-refractivity contribution in [3.05, 3.63) is 59.7 Å². The van der Waals surface area contributed by atoms with Crippen molar-refractivity contribution >= 4 is 23.6 Å². The molecule has 0 fully saturated rings. The van der Waals surface area contributed by atoms with Gasteiger partial charge in [-0.25, -0.2) is 4.79 Å². The highest BCUT2D eigenvalue weighted by molar-refractivity contribution is 5.99. The Balaban J connectivity index is 2.39. The van der Waals surface area contributed by atoms with E-state index in [1.807, 2.05) is 19.1 Å². The van der Waals surface area contributed by atoms with E-state index in [9.17, 15) is 24.6 Å². The van der Waals surface area contributed by atoms with Crippen LogP contribution in [0.1, 0.15) is 44.9 Å². The number of para-hydroxylation sites is 1. The Kier molecular flexibility index (Phi) is 9.03. The number of carbonyl (C=O) groups is 3. The van der Waals surface area contributed by atoms with Gasteiger partial charge < -0.3 is 30.5 Å². The number of aryl methyl sites for hydroxylation is 1. The topological polar surface area (TPSA) is 128 Å². The average molecular weight is 472 g/mol. The molecule has 2 aromatic carbocycles. The fourth-order valence-corrected chi connectivity index (χ4v) is 3.35. The molecule has 4 N–H and O–H groups in total. The Bertz CT molecular complexity index is 1020. The second-order valence-corrected chi connectivity index (χ2v) is 8.92. The lowest BCUT2D eigenvalue weighted by Gasteiger charge is -2.33. The maximum atomic E-state index is 13.4. The zero-order chi connectivity index (χ0) is 25.5. The molecular formula is C25H33N3O6. The predicted octanol–water partition coefficient (Wildman–Crippen LogP) is 3.11. The van der Waals surface area contributed by atoms with Crippen molar-refractivity contribution in [3.63, 3.8) is 0 Å². The van der Waals surface area contributed by atoms with Crippen LogP contribution in [0, 0.1) is 6.92 Å². The summed E-state index contributed by atoms with van der Waals surface area (Å²) in [5.74, 6) is -1.22. The van der Waals surface area contributed by atoms with Gasteiger partial charge in [0.2, 0.25) is 5.91 Å². The maximum Gasteiger partial charge on any atom is 0.408 e. The van der Waals surface area contributed by atoms with Crippen LogP contribution in [0.5, 0.6) is 5.75 Å². The van der Waals surface area contributed by atoms with Gasteiger partial charge in [0.05, 0.1) is 6.61 Å². The first-order valence-electron chi connectivity index (χ1n) is 11.0. The van der Waals surface area contributed by atoms with Crippen LogP contribution in [0.25, 0.3) is 0 Å². The molecule has 0 aliphatic rings. The van der Waals surface area contributed by atoms with Crippen molar-refractivity contribution in [2.45, 2.75) is 52.3 Å². The van der Waals surface area contributed by atoms with E-state index >= 15 is 0 Å². The standard InChI is InChI=1S/C25H33N3O6/c1-16-9-6-7-12-20(16)27-22(31)21(18-10-8-11-19(30)15-18)28(13-14-29)23(32)17(2)26-24(33)34-25(3,4)5/h6-12,15,17,21,29-30H,13-14H2,1-5H3,(H,26,33)(H,27,31). The van der Waals surface area contributed by atoms with E-state index in [4.69, 9.17) is 4.74 Å². The number of phenols is 1. The van der Waals surface area contributed by atoms with Crippen LogP contribution in [-0.4, -0.2) is 57.8 Å². The van der Waals surface area contributed by atoms with E-state index in [0.29, 0.717) is 11.3 Å². The number of nitrogens with one attached hydrogen (secondary N) is 2. The molecule has 3 amide bonds. The summed E-state index contributed by atoms with van der Waals surface area (Å²) in [5.41, 5.74) is 0.978. The minimum atomic E-state index is -1.19. The largest absolute Gasteiger partial charge is 0.508 e. The molecule has 0 spiro atoms. The minimum Gasteiger partial charge on any atom is -0.508 e. The number of carbonyl (C=O) groups excluding carboxylic acids is 3. The fraction of sp³-hybridized carbons (Fsp3) is 0.400. The van der Waals surface area contributed by atoms with Gasteiger partial charge in [-0.2, -0.15) is 0 Å². The van der Waals surface area contributed by atoms with Gasteiger partial charge in [-0.15, -0.1) is 0 Å². The molecule has 0 saturated heterocycles. The molecule has 2 rings (SSSR count). The molecule has 0 heterocycles. The second-order valence-electron chi connectivity index (χ2n) is 8.92. The monoisotopic (exact) mass is 471 g/mol. The molecule has 2 atom stereocenters. The van der Waals surface area contributed by atoms with Crippen LogP contribution in [0.3, 0.4) is 0 Å². The Morgan fingerprint density at radius 1 is 1.09 bits per heavy atom. The number of aliphatic hydroxyl groups excluding tert-OH is 1. The lowest BCUT2D eigenvalue weighted by Crippen LogP contribution is -2.52. The summed E-state index contributed by atoms with van der Waals surface area (Å²) in [6.07, 6.45) is -0.782. The summed E-state index contributed by atoms with van der Waals surface area (Å²) in [7, 11) is 0. The van der Waals surface area contributed by atoms with E-state index in [1.165, 1.54) is 24.0 Å². The van der Waals surface area contributed by atoms with Crippen molar-refractivity contribution in [2.75, 3.05) is 18.5 Å². The lowest BCUT2D eigenvalue weighted by atomic mass is 10.0. The number of benzene rings is 2. The Morgan fingerprint density at radius 3 is 2.35 bits per heavy atom. The van der Waals surface area contributed by atoms with Crippen LogP contribution in [0.2, 0.25) is 0 Å². The van der Waals surface area contributed by atoms with Crippen LogP contribution >= 0.6 is 0 Å². The third kappa shape index (κ3) is 7.48. The van der Waals surface area contributed by atoms with Crippen molar-refractivity contribution in [2.24, 2.45) is 0 Å². The van der Waals surface area contributed by atoms with Crippen molar-refractivity contribution in [1.29, 1.82) is 0 Å². The number of alkyl carbamates (subject to hydrolysis) is 1. The molecule has 34 heavy (non-hydrogen) atoms. The summed E-state index contributed by atoms with van der Waals surface area (Å²) >= 11 is 0. The van der Waals surface area contributed by atoms with Crippen molar-refractivity contribution in [1.82, 2.24) is 10.2 Å². The number of nitrogens with zero attached hydrogens (tertiary/aromatic N) is 1. The summed E-state index contributed by atoms with van der Waals surface area (Å²) in [4.78, 5) is 40.2. The van der Waals surface area contributed by atoms with Crippen molar-refractivity contribution < 1.29 is 29.3 Å². The van der Waals surface area contributed by atoms with Gasteiger partial charge in [-0.1, -0.05) is 30.3 Å². The van der Waals surface area contributed by atoms with Gasteiger partial charge >= 0.3 is 6.09 Å². The quantitative estimate of drug-likeness (QED) is 0.468. The molecule has 0 aliphatic heterocycles. The first-order valence-corrected chi connectivity index (χ1v) is 11.0. The zero-order valence-electron chi connectivity index (χ0n) is 20.2. The fourth-order valence-electron chi connectivity index (χ4n) is 3.35. The molecule has 9 nitrogen and oxygen atoms in total. The van der Waals surface area contributed by atoms with E-state index in [2.05, 4.69) is 10.6 Å². The highest BCUT2D eigenvalue weighted by Crippen LogP contribution is 2.27. The smallest absolute Gasteiger partial charge is 0.408 e. The summed E-state index contributed by atoms with van der Waals surface area (Å²) < 4.78 is 5.22. The Hall–Kier alpha value is -3.59. The second kappa shape index (κ2) is 11.5. The number of aliphatic hydroxyl groups is 1. The van der Waals surface area contributed by atoms with Gasteiger partial charge in [0.1, 0.15) is 23.4 Å². The van der Waals surface area contributed by atoms with E-state index in [1.54, 1.807) is 45.0 Å². The molecule has 184 valence electrons. The molecule has 0 aliphatic carbocycles. The summed E-state index contributed by atoms with van der Waals surface area (Å²) in [5, 5.41) is 25.0. The molecule has 2 unspecified atom stereocenters. The summed E-state index contributed by atoms with van der Waals surface area (Å²) in [6, 6.07) is 10.9. The van der Waals surface area contributed by atoms with Gasteiger partial charge in [-0.3, -0.25) is 9.59 Å². The normalized spacial score (nSPS) is 12.9. The zero-order valence-corrected chi connectivity index (χ0v) is 20.2. The summed E-state index contributed by atoms with van der Waals surface area (Å²) in [6.45, 7) is 7.80. The van der Waals surface area contributed by atoms with Gasteiger partial charge in [-0.05, 0) is 63.9 Å². The van der Waals surface area contributed by atoms with Gasteiger partial charge in [0.25, 0.3) is 5.91 Å². The number of amides is 3.